The van der Waals surface area contributed by atoms with E-state index < -0.39 is 0 Å². The maximum absolute atomic E-state index is 13.5. The number of hydrogen-bond acceptors (Lipinski definition) is 3. The smallest absolute Gasteiger partial charge is 0.227 e. The number of benzene rings is 3. The van der Waals surface area contributed by atoms with Crippen LogP contribution < -0.4 is 4.74 Å². The largest absolute Gasteiger partial charge is 0.496 e. The Hall–Kier alpha value is -3.14. The second-order valence-corrected chi connectivity index (χ2v) is 6.36. The van der Waals surface area contributed by atoms with Gasteiger partial charge in [-0.15, -0.1) is 0 Å². The molecule has 0 saturated carbocycles. The Morgan fingerprint density at radius 1 is 0.885 bits per heavy atom. The number of nitrogens with zero attached hydrogens (tertiary/aromatic N) is 1. The van der Waals surface area contributed by atoms with Gasteiger partial charge in [0.2, 0.25) is 5.89 Å². The summed E-state index contributed by atoms with van der Waals surface area (Å²) in [6.07, 6.45) is 0. The van der Waals surface area contributed by atoms with Gasteiger partial charge in [-0.05, 0) is 78.6 Å². The first-order valence-electron chi connectivity index (χ1n) is 8.37. The van der Waals surface area contributed by atoms with Gasteiger partial charge in [-0.1, -0.05) is 12.1 Å². The van der Waals surface area contributed by atoms with Crippen LogP contribution in [0.5, 0.6) is 5.75 Å². The van der Waals surface area contributed by atoms with E-state index in [0.29, 0.717) is 17.0 Å². The minimum atomic E-state index is -0.311. The molecule has 0 atom stereocenters. The van der Waals surface area contributed by atoms with Crippen molar-refractivity contribution in [2.75, 3.05) is 7.11 Å². The van der Waals surface area contributed by atoms with Gasteiger partial charge >= 0.3 is 0 Å². The van der Waals surface area contributed by atoms with Crippen molar-refractivity contribution in [3.63, 3.8) is 0 Å². The third-order valence-corrected chi connectivity index (χ3v) is 4.46. The summed E-state index contributed by atoms with van der Waals surface area (Å²) in [5.41, 5.74) is 6.34. The van der Waals surface area contributed by atoms with Crippen LogP contribution in [0.4, 0.5) is 4.39 Å². The number of aromatic nitrogens is 1. The summed E-state index contributed by atoms with van der Waals surface area (Å²) in [7, 11) is 1.68. The first-order chi connectivity index (χ1) is 12.5. The third-order valence-electron chi connectivity index (χ3n) is 4.46. The second kappa shape index (κ2) is 6.30. The molecule has 4 rings (SSSR count). The van der Waals surface area contributed by atoms with Gasteiger partial charge in [-0.2, -0.15) is 0 Å². The quantitative estimate of drug-likeness (QED) is 0.461. The fourth-order valence-electron chi connectivity index (χ4n) is 3.29. The molecule has 1 aromatic heterocycles. The van der Waals surface area contributed by atoms with Gasteiger partial charge in [0.1, 0.15) is 17.1 Å². The van der Waals surface area contributed by atoms with Gasteiger partial charge in [0.15, 0.2) is 5.58 Å². The third kappa shape index (κ3) is 2.84. The SMILES string of the molecule is COc1c(C)cc(-c2ccc3nc(-c4cccc(F)c4)oc3c2)cc1C. The summed E-state index contributed by atoms with van der Waals surface area (Å²) in [5, 5.41) is 0. The lowest BCUT2D eigenvalue weighted by Gasteiger charge is -2.11. The summed E-state index contributed by atoms with van der Waals surface area (Å²) in [6.45, 7) is 4.06. The number of methoxy groups -OCH3 is 1. The predicted molar refractivity (Wildman–Crippen MR) is 101 cm³/mol. The Bertz CT molecular complexity index is 1090. The van der Waals surface area contributed by atoms with Crippen LogP contribution in [0.2, 0.25) is 0 Å². The number of rotatable bonds is 3. The molecule has 26 heavy (non-hydrogen) atoms. The summed E-state index contributed by atoms with van der Waals surface area (Å²) >= 11 is 0. The molecule has 0 aliphatic heterocycles. The Labute approximate surface area is 151 Å². The second-order valence-electron chi connectivity index (χ2n) is 6.36. The van der Waals surface area contributed by atoms with Gasteiger partial charge in [0.05, 0.1) is 7.11 Å². The normalized spacial score (nSPS) is 11.1. The summed E-state index contributed by atoms with van der Waals surface area (Å²) in [4.78, 5) is 4.47. The highest BCUT2D eigenvalue weighted by Crippen LogP contribution is 2.32. The van der Waals surface area contributed by atoms with E-state index in [1.54, 1.807) is 19.2 Å². The summed E-state index contributed by atoms with van der Waals surface area (Å²) < 4.78 is 24.8. The molecule has 0 spiro atoms. The van der Waals surface area contributed by atoms with E-state index in [1.165, 1.54) is 12.1 Å². The number of oxazole rings is 1. The van der Waals surface area contributed by atoms with Crippen molar-refractivity contribution in [1.29, 1.82) is 0 Å². The average molecular weight is 347 g/mol. The lowest BCUT2D eigenvalue weighted by molar-refractivity contribution is 0.408. The van der Waals surface area contributed by atoms with Crippen molar-refractivity contribution in [3.05, 3.63) is 71.5 Å². The van der Waals surface area contributed by atoms with Crippen LogP contribution in [-0.4, -0.2) is 12.1 Å². The highest BCUT2D eigenvalue weighted by atomic mass is 19.1. The fraction of sp³-hybridized carbons (Fsp3) is 0.136. The van der Waals surface area contributed by atoms with Crippen LogP contribution in [0, 0.1) is 19.7 Å². The van der Waals surface area contributed by atoms with Crippen LogP contribution >= 0.6 is 0 Å². The van der Waals surface area contributed by atoms with Gasteiger partial charge in [0, 0.05) is 5.56 Å². The number of aryl methyl sites for hydroxylation is 2. The number of fused-ring (bicyclic) bond motifs is 1. The Morgan fingerprint density at radius 3 is 2.35 bits per heavy atom. The molecule has 0 aliphatic rings. The van der Waals surface area contributed by atoms with E-state index in [-0.39, 0.29) is 5.82 Å². The molecule has 4 aromatic rings. The molecule has 3 nitrogen and oxygen atoms in total. The Morgan fingerprint density at radius 2 is 1.65 bits per heavy atom. The van der Waals surface area contributed by atoms with Crippen molar-refractivity contribution in [3.8, 4) is 28.3 Å². The van der Waals surface area contributed by atoms with Crippen LogP contribution in [-0.2, 0) is 0 Å². The lowest BCUT2D eigenvalue weighted by Crippen LogP contribution is -1.92. The van der Waals surface area contributed by atoms with Gasteiger partial charge < -0.3 is 9.15 Å². The van der Waals surface area contributed by atoms with E-state index >= 15 is 0 Å². The summed E-state index contributed by atoms with van der Waals surface area (Å²) in [6, 6.07) is 16.3. The molecular weight excluding hydrogens is 329 g/mol. The van der Waals surface area contributed by atoms with Crippen molar-refractivity contribution in [2.24, 2.45) is 0 Å². The highest BCUT2D eigenvalue weighted by Gasteiger charge is 2.12. The molecule has 0 radical (unpaired) electrons. The van der Waals surface area contributed by atoms with Gasteiger partial charge in [0.25, 0.3) is 0 Å². The lowest BCUT2D eigenvalue weighted by atomic mass is 9.99. The minimum Gasteiger partial charge on any atom is -0.496 e. The van der Waals surface area contributed by atoms with E-state index in [9.17, 15) is 4.39 Å². The number of hydrogen-bond donors (Lipinski definition) is 0. The highest BCUT2D eigenvalue weighted by molar-refractivity contribution is 5.82. The zero-order chi connectivity index (χ0) is 18.3. The van der Waals surface area contributed by atoms with Crippen LogP contribution in [0.3, 0.4) is 0 Å². The average Bonchev–Trinajstić information content (AvgIpc) is 3.04. The van der Waals surface area contributed by atoms with E-state index in [2.05, 4.69) is 17.1 Å². The molecule has 0 fully saturated rings. The van der Waals surface area contributed by atoms with Crippen molar-refractivity contribution < 1.29 is 13.5 Å². The molecule has 3 aromatic carbocycles. The molecule has 4 heteroatoms. The van der Waals surface area contributed by atoms with E-state index in [1.807, 2.05) is 32.0 Å². The molecule has 0 saturated heterocycles. The number of halogens is 1. The predicted octanol–water partition coefficient (Wildman–Crippen LogP) is 5.93. The molecule has 0 unspecified atom stereocenters. The first kappa shape index (κ1) is 16.3. The molecule has 0 amide bonds. The van der Waals surface area contributed by atoms with Crippen LogP contribution in [0.25, 0.3) is 33.7 Å². The Balaban J connectivity index is 1.79. The summed E-state index contributed by atoms with van der Waals surface area (Å²) in [5.74, 6) is 1.01. The first-order valence-corrected chi connectivity index (χ1v) is 8.37. The zero-order valence-corrected chi connectivity index (χ0v) is 14.8. The number of ether oxygens (including phenoxy) is 1. The molecule has 0 bridgehead atoms. The van der Waals surface area contributed by atoms with Crippen molar-refractivity contribution in [1.82, 2.24) is 4.98 Å². The van der Waals surface area contributed by atoms with Crippen LogP contribution in [0.15, 0.2) is 59.0 Å². The molecule has 1 heterocycles. The Kier molecular flexibility index (Phi) is 3.96. The zero-order valence-electron chi connectivity index (χ0n) is 14.8. The standard InChI is InChI=1S/C22H18FNO2/c1-13-9-17(10-14(2)21(13)25-3)15-7-8-19-20(12-15)26-22(24-19)16-5-4-6-18(23)11-16/h4-12H,1-3H3. The maximum Gasteiger partial charge on any atom is 0.227 e. The van der Waals surface area contributed by atoms with Gasteiger partial charge in [-0.25, -0.2) is 9.37 Å². The maximum atomic E-state index is 13.5. The monoisotopic (exact) mass is 347 g/mol. The molecule has 0 N–H and O–H groups in total. The fourth-order valence-corrected chi connectivity index (χ4v) is 3.29. The topological polar surface area (TPSA) is 35.3 Å². The van der Waals surface area contributed by atoms with Crippen molar-refractivity contribution in [2.45, 2.75) is 13.8 Å². The molecule has 0 aliphatic carbocycles. The van der Waals surface area contributed by atoms with E-state index in [0.717, 1.165) is 33.5 Å². The minimum absolute atomic E-state index is 0.311. The van der Waals surface area contributed by atoms with Crippen molar-refractivity contribution >= 4 is 11.1 Å². The van der Waals surface area contributed by atoms with E-state index in [4.69, 9.17) is 9.15 Å². The molecule has 130 valence electrons. The van der Waals surface area contributed by atoms with Gasteiger partial charge in [-0.3, -0.25) is 0 Å². The molecular formula is C22H18FNO2. The van der Waals surface area contributed by atoms with Crippen LogP contribution in [0.1, 0.15) is 11.1 Å².